The van der Waals surface area contributed by atoms with E-state index in [9.17, 15) is 0 Å². The fraction of sp³-hybridized carbons (Fsp3) is 0.667. The molecule has 15 heavy (non-hydrogen) atoms. The van der Waals surface area contributed by atoms with Crippen molar-refractivity contribution in [3.8, 4) is 0 Å². The molecule has 0 spiro atoms. The zero-order valence-electron chi connectivity index (χ0n) is 9.29. The predicted octanol–water partition coefficient (Wildman–Crippen LogP) is 4.24. The van der Waals surface area contributed by atoms with Crippen molar-refractivity contribution in [2.24, 2.45) is 5.92 Å². The number of nitrogens with one attached hydrogen (secondary N) is 1. The van der Waals surface area contributed by atoms with E-state index in [-0.39, 0.29) is 0 Å². The molecule has 1 aromatic rings. The molecule has 0 radical (unpaired) electrons. The van der Waals surface area contributed by atoms with Crippen LogP contribution in [0.3, 0.4) is 0 Å². The SMILES string of the molecule is CC(CC1CC1)NC(C)c1csc(Cl)c1. The normalized spacial score (nSPS) is 20.2. The van der Waals surface area contributed by atoms with Gasteiger partial charge in [0.15, 0.2) is 0 Å². The first-order chi connectivity index (χ1) is 7.15. The van der Waals surface area contributed by atoms with Crippen molar-refractivity contribution in [1.29, 1.82) is 0 Å². The minimum atomic E-state index is 0.419. The molecule has 1 N–H and O–H groups in total. The summed E-state index contributed by atoms with van der Waals surface area (Å²) in [7, 11) is 0. The van der Waals surface area contributed by atoms with Crippen LogP contribution in [0.4, 0.5) is 0 Å². The van der Waals surface area contributed by atoms with Crippen molar-refractivity contribution < 1.29 is 0 Å². The summed E-state index contributed by atoms with van der Waals surface area (Å²) < 4.78 is 0.883. The van der Waals surface area contributed by atoms with Gasteiger partial charge in [0.1, 0.15) is 0 Å². The van der Waals surface area contributed by atoms with Crippen molar-refractivity contribution >= 4 is 22.9 Å². The highest BCUT2D eigenvalue weighted by molar-refractivity contribution is 7.14. The predicted molar refractivity (Wildman–Crippen MR) is 67.7 cm³/mol. The lowest BCUT2D eigenvalue weighted by atomic mass is 10.1. The second kappa shape index (κ2) is 4.86. The third-order valence-electron chi connectivity index (χ3n) is 3.01. The molecule has 2 atom stereocenters. The fourth-order valence-corrected chi connectivity index (χ4v) is 2.98. The summed E-state index contributed by atoms with van der Waals surface area (Å²) in [6, 6.07) is 3.10. The molecule has 2 rings (SSSR count). The van der Waals surface area contributed by atoms with Gasteiger partial charge >= 0.3 is 0 Å². The number of halogens is 1. The Morgan fingerprint density at radius 3 is 2.80 bits per heavy atom. The van der Waals surface area contributed by atoms with Crippen LogP contribution in [0.25, 0.3) is 0 Å². The topological polar surface area (TPSA) is 12.0 Å². The Morgan fingerprint density at radius 2 is 2.27 bits per heavy atom. The van der Waals surface area contributed by atoms with Crippen LogP contribution in [0.1, 0.15) is 44.7 Å². The molecule has 0 aliphatic heterocycles. The van der Waals surface area contributed by atoms with Crippen LogP contribution in [0, 0.1) is 5.92 Å². The van der Waals surface area contributed by atoms with Crippen molar-refractivity contribution in [2.75, 3.05) is 0 Å². The number of hydrogen-bond donors (Lipinski definition) is 1. The highest BCUT2D eigenvalue weighted by Crippen LogP contribution is 2.34. The van der Waals surface area contributed by atoms with Crippen LogP contribution in [0.15, 0.2) is 11.4 Å². The lowest BCUT2D eigenvalue weighted by Gasteiger charge is -2.19. The minimum absolute atomic E-state index is 0.419. The Balaban J connectivity index is 1.82. The van der Waals surface area contributed by atoms with E-state index in [1.54, 1.807) is 11.3 Å². The zero-order chi connectivity index (χ0) is 10.8. The van der Waals surface area contributed by atoms with Gasteiger partial charge in [-0.25, -0.2) is 0 Å². The summed E-state index contributed by atoms with van der Waals surface area (Å²) in [5.41, 5.74) is 1.31. The Labute approximate surface area is 101 Å². The molecule has 0 amide bonds. The van der Waals surface area contributed by atoms with Gasteiger partial charge in [0.2, 0.25) is 0 Å². The molecule has 3 heteroatoms. The van der Waals surface area contributed by atoms with Crippen LogP contribution in [-0.4, -0.2) is 6.04 Å². The summed E-state index contributed by atoms with van der Waals surface area (Å²) in [6.45, 7) is 4.49. The monoisotopic (exact) mass is 243 g/mol. The van der Waals surface area contributed by atoms with Crippen molar-refractivity contribution in [3.05, 3.63) is 21.3 Å². The van der Waals surface area contributed by atoms with Gasteiger partial charge in [0.05, 0.1) is 4.34 Å². The summed E-state index contributed by atoms with van der Waals surface area (Å²) >= 11 is 7.54. The largest absolute Gasteiger partial charge is 0.308 e. The molecule has 0 bridgehead atoms. The Hall–Kier alpha value is -0.0500. The lowest BCUT2D eigenvalue weighted by Crippen LogP contribution is -2.29. The van der Waals surface area contributed by atoms with Crippen LogP contribution < -0.4 is 5.32 Å². The summed E-state index contributed by atoms with van der Waals surface area (Å²) in [5, 5.41) is 5.77. The average molecular weight is 244 g/mol. The van der Waals surface area contributed by atoms with Crippen LogP contribution in [0.5, 0.6) is 0 Å². The molecule has 1 fully saturated rings. The van der Waals surface area contributed by atoms with Gasteiger partial charge in [-0.3, -0.25) is 0 Å². The molecule has 1 nitrogen and oxygen atoms in total. The van der Waals surface area contributed by atoms with Gasteiger partial charge in [-0.05, 0) is 43.2 Å². The Bertz CT molecular complexity index is 319. The summed E-state index contributed by atoms with van der Waals surface area (Å²) in [5.74, 6) is 0.991. The smallest absolute Gasteiger partial charge is 0.0931 e. The van der Waals surface area contributed by atoms with Gasteiger partial charge < -0.3 is 5.32 Å². The van der Waals surface area contributed by atoms with Crippen LogP contribution in [-0.2, 0) is 0 Å². The maximum atomic E-state index is 5.93. The van der Waals surface area contributed by atoms with E-state index in [0.29, 0.717) is 12.1 Å². The zero-order valence-corrected chi connectivity index (χ0v) is 10.9. The number of thiophene rings is 1. The van der Waals surface area contributed by atoms with E-state index in [4.69, 9.17) is 11.6 Å². The second-order valence-electron chi connectivity index (χ2n) is 4.65. The lowest BCUT2D eigenvalue weighted by molar-refractivity contribution is 0.439. The number of hydrogen-bond acceptors (Lipinski definition) is 2. The molecule has 0 saturated heterocycles. The number of rotatable bonds is 5. The van der Waals surface area contributed by atoms with Gasteiger partial charge in [0.25, 0.3) is 0 Å². The first kappa shape index (κ1) is 11.4. The van der Waals surface area contributed by atoms with Crippen molar-refractivity contribution in [3.63, 3.8) is 0 Å². The maximum absolute atomic E-state index is 5.93. The molecule has 1 aliphatic rings. The van der Waals surface area contributed by atoms with E-state index in [1.165, 1.54) is 24.8 Å². The molecule has 1 aromatic heterocycles. The molecule has 1 heterocycles. The second-order valence-corrected chi connectivity index (χ2v) is 6.20. The van der Waals surface area contributed by atoms with Gasteiger partial charge in [-0.15, -0.1) is 11.3 Å². The highest BCUT2D eigenvalue weighted by Gasteiger charge is 2.24. The molecule has 0 aromatic carbocycles. The summed E-state index contributed by atoms with van der Waals surface area (Å²) in [4.78, 5) is 0. The summed E-state index contributed by atoms with van der Waals surface area (Å²) in [6.07, 6.45) is 4.19. The van der Waals surface area contributed by atoms with Gasteiger partial charge in [0, 0.05) is 12.1 Å². The van der Waals surface area contributed by atoms with E-state index < -0.39 is 0 Å². The standard InChI is InChI=1S/C12H18ClNS/c1-8(5-10-3-4-10)14-9(2)11-6-12(13)15-7-11/h6-10,14H,3-5H2,1-2H3. The van der Waals surface area contributed by atoms with Crippen molar-refractivity contribution in [1.82, 2.24) is 5.32 Å². The van der Waals surface area contributed by atoms with E-state index in [0.717, 1.165) is 10.3 Å². The Morgan fingerprint density at radius 1 is 1.53 bits per heavy atom. The molecule has 1 aliphatic carbocycles. The molecular formula is C12H18ClNS. The third-order valence-corrected chi connectivity index (χ3v) is 4.12. The quantitative estimate of drug-likeness (QED) is 0.816. The molecular weight excluding hydrogens is 226 g/mol. The molecule has 84 valence electrons. The first-order valence-corrected chi connectivity index (χ1v) is 6.91. The Kier molecular flexibility index (Phi) is 3.70. The first-order valence-electron chi connectivity index (χ1n) is 5.65. The molecule has 2 unspecified atom stereocenters. The third kappa shape index (κ3) is 3.47. The molecule has 1 saturated carbocycles. The van der Waals surface area contributed by atoms with Gasteiger partial charge in [-0.1, -0.05) is 24.4 Å². The average Bonchev–Trinajstić information content (AvgIpc) is 2.85. The highest BCUT2D eigenvalue weighted by atomic mass is 35.5. The fourth-order valence-electron chi connectivity index (χ4n) is 2.00. The maximum Gasteiger partial charge on any atom is 0.0931 e. The van der Waals surface area contributed by atoms with Crippen LogP contribution in [0.2, 0.25) is 4.34 Å². The van der Waals surface area contributed by atoms with E-state index in [2.05, 4.69) is 30.6 Å². The minimum Gasteiger partial charge on any atom is -0.308 e. The van der Waals surface area contributed by atoms with Crippen molar-refractivity contribution in [2.45, 2.75) is 45.2 Å². The van der Waals surface area contributed by atoms with E-state index in [1.807, 2.05) is 0 Å². The van der Waals surface area contributed by atoms with E-state index >= 15 is 0 Å². The van der Waals surface area contributed by atoms with Gasteiger partial charge in [-0.2, -0.15) is 0 Å². The van der Waals surface area contributed by atoms with Crippen LogP contribution >= 0.6 is 22.9 Å².